The number of carbonyl (C=O) groups is 1. The van der Waals surface area contributed by atoms with Crippen LogP contribution in [0.15, 0.2) is 64.5 Å². The van der Waals surface area contributed by atoms with E-state index >= 15 is 0 Å². The van der Waals surface area contributed by atoms with Gasteiger partial charge in [-0.2, -0.15) is 0 Å². The molecule has 1 heterocycles. The highest BCUT2D eigenvalue weighted by molar-refractivity contribution is 8.27. The molecule has 25 heavy (non-hydrogen) atoms. The molecule has 1 amide bonds. The molecular formula is C20H16ClNOS2. The first kappa shape index (κ1) is 17.9. The lowest BCUT2D eigenvalue weighted by Crippen LogP contribution is -2.29. The van der Waals surface area contributed by atoms with Gasteiger partial charge in [-0.1, -0.05) is 84.1 Å². The van der Waals surface area contributed by atoms with Crippen molar-refractivity contribution in [2.24, 2.45) is 0 Å². The lowest BCUT2D eigenvalue weighted by molar-refractivity contribution is -0.113. The average molecular weight is 386 g/mol. The molecule has 0 aromatic heterocycles. The van der Waals surface area contributed by atoms with Gasteiger partial charge in [0.1, 0.15) is 0 Å². The molecule has 0 aliphatic carbocycles. The highest BCUT2D eigenvalue weighted by Gasteiger charge is 2.34. The Labute approximate surface area is 162 Å². The Hall–Kier alpha value is -1.88. The number of carbonyl (C=O) groups excluding carboxylic acids is 1. The predicted octanol–water partition coefficient (Wildman–Crippen LogP) is 5.83. The highest BCUT2D eigenvalue weighted by Crippen LogP contribution is 2.38. The lowest BCUT2D eigenvalue weighted by atomic mass is 10.1. The smallest absolute Gasteiger partial charge is 0.268 e. The number of hydrogen-bond donors (Lipinski definition) is 0. The van der Waals surface area contributed by atoms with Gasteiger partial charge >= 0.3 is 0 Å². The van der Waals surface area contributed by atoms with Crippen LogP contribution in [0.4, 0.5) is 5.69 Å². The zero-order valence-electron chi connectivity index (χ0n) is 13.8. The number of aryl methyl sites for hydroxylation is 2. The van der Waals surface area contributed by atoms with Crippen molar-refractivity contribution < 1.29 is 4.79 Å². The van der Waals surface area contributed by atoms with Crippen molar-refractivity contribution in [2.45, 2.75) is 13.8 Å². The number of para-hydroxylation sites is 1. The number of thioether (sulfide) groups is 1. The second-order valence-corrected chi connectivity index (χ2v) is 7.81. The molecule has 1 aliphatic rings. The molecule has 1 aliphatic heterocycles. The van der Waals surface area contributed by atoms with Crippen LogP contribution in [0, 0.1) is 13.8 Å². The fraction of sp³-hybridized carbons (Fsp3) is 0.100. The van der Waals surface area contributed by atoms with Crippen molar-refractivity contribution in [3.63, 3.8) is 0 Å². The molecule has 0 radical (unpaired) electrons. The zero-order chi connectivity index (χ0) is 18.0. The van der Waals surface area contributed by atoms with Crippen molar-refractivity contribution in [2.75, 3.05) is 4.90 Å². The number of rotatable bonds is 3. The standard InChI is InChI=1S/C20H16ClNOS2/c1-13-7-6-8-14(2)18(13)22-19(23)17(25-20(22)24)12-16(21)11-15-9-4-3-5-10-15/h3-12H,1-2H3/b16-11-,17-12-. The molecule has 0 bridgehead atoms. The molecule has 1 saturated heterocycles. The van der Waals surface area contributed by atoms with Crippen LogP contribution in [-0.4, -0.2) is 10.2 Å². The Kier molecular flexibility index (Phi) is 5.42. The van der Waals surface area contributed by atoms with E-state index in [0.29, 0.717) is 14.3 Å². The molecule has 0 unspecified atom stereocenters. The van der Waals surface area contributed by atoms with Gasteiger partial charge in [0.05, 0.1) is 10.6 Å². The largest absolute Gasteiger partial charge is 0.270 e. The van der Waals surface area contributed by atoms with E-state index in [1.165, 1.54) is 11.8 Å². The van der Waals surface area contributed by atoms with Gasteiger partial charge in [-0.25, -0.2) is 0 Å². The van der Waals surface area contributed by atoms with Crippen LogP contribution in [0.5, 0.6) is 0 Å². The van der Waals surface area contributed by atoms with E-state index in [-0.39, 0.29) is 5.91 Å². The first-order valence-electron chi connectivity index (χ1n) is 7.74. The number of halogens is 1. The van der Waals surface area contributed by atoms with E-state index in [1.807, 2.05) is 68.5 Å². The normalized spacial score (nSPS) is 16.8. The summed E-state index contributed by atoms with van der Waals surface area (Å²) in [5.74, 6) is -0.132. The van der Waals surface area contributed by atoms with Crippen LogP contribution >= 0.6 is 35.6 Å². The summed E-state index contributed by atoms with van der Waals surface area (Å²) in [4.78, 5) is 15.0. The Balaban J connectivity index is 1.93. The summed E-state index contributed by atoms with van der Waals surface area (Å²) in [6, 6.07) is 15.7. The van der Waals surface area contributed by atoms with Gasteiger partial charge in [0.25, 0.3) is 5.91 Å². The fourth-order valence-electron chi connectivity index (χ4n) is 2.69. The molecule has 1 fully saturated rings. The Morgan fingerprint density at radius 3 is 2.36 bits per heavy atom. The van der Waals surface area contributed by atoms with Crippen LogP contribution in [0.1, 0.15) is 16.7 Å². The molecule has 0 N–H and O–H groups in total. The molecular weight excluding hydrogens is 370 g/mol. The first-order chi connectivity index (χ1) is 12.0. The Morgan fingerprint density at radius 2 is 1.72 bits per heavy atom. The lowest BCUT2D eigenvalue weighted by Gasteiger charge is -2.19. The number of nitrogens with zero attached hydrogens (tertiary/aromatic N) is 1. The van der Waals surface area contributed by atoms with E-state index in [9.17, 15) is 4.79 Å². The maximum Gasteiger partial charge on any atom is 0.270 e. The van der Waals surface area contributed by atoms with Crippen LogP contribution in [0.3, 0.4) is 0 Å². The molecule has 2 aromatic carbocycles. The van der Waals surface area contributed by atoms with Crippen LogP contribution < -0.4 is 4.90 Å². The number of anilines is 1. The average Bonchev–Trinajstić information content (AvgIpc) is 2.83. The van der Waals surface area contributed by atoms with Crippen molar-refractivity contribution in [3.05, 3.63) is 81.2 Å². The van der Waals surface area contributed by atoms with E-state index in [2.05, 4.69) is 0 Å². The first-order valence-corrected chi connectivity index (χ1v) is 9.34. The minimum atomic E-state index is -0.132. The third-order valence-electron chi connectivity index (χ3n) is 3.83. The molecule has 0 atom stereocenters. The van der Waals surface area contributed by atoms with Crippen LogP contribution in [0.2, 0.25) is 0 Å². The summed E-state index contributed by atoms with van der Waals surface area (Å²) in [7, 11) is 0. The third kappa shape index (κ3) is 3.87. The summed E-state index contributed by atoms with van der Waals surface area (Å²) in [6.45, 7) is 3.96. The third-order valence-corrected chi connectivity index (χ3v) is 5.35. The summed E-state index contributed by atoms with van der Waals surface area (Å²) in [6.07, 6.45) is 3.51. The number of amides is 1. The fourth-order valence-corrected chi connectivity index (χ4v) is 4.26. The van der Waals surface area contributed by atoms with Gasteiger partial charge in [-0.3, -0.25) is 9.69 Å². The monoisotopic (exact) mass is 385 g/mol. The van der Waals surface area contributed by atoms with Crippen molar-refractivity contribution >= 4 is 57.6 Å². The van der Waals surface area contributed by atoms with E-state index < -0.39 is 0 Å². The molecule has 0 saturated carbocycles. The quantitative estimate of drug-likeness (QED) is 0.489. The number of benzene rings is 2. The van der Waals surface area contributed by atoms with Crippen LogP contribution in [-0.2, 0) is 4.79 Å². The molecule has 2 aromatic rings. The number of hydrogen-bond acceptors (Lipinski definition) is 3. The van der Waals surface area contributed by atoms with Crippen molar-refractivity contribution in [1.29, 1.82) is 0 Å². The minimum Gasteiger partial charge on any atom is -0.268 e. The minimum absolute atomic E-state index is 0.132. The molecule has 0 spiro atoms. The van der Waals surface area contributed by atoms with Crippen molar-refractivity contribution in [1.82, 2.24) is 0 Å². The molecule has 2 nitrogen and oxygen atoms in total. The second-order valence-electron chi connectivity index (χ2n) is 5.70. The van der Waals surface area contributed by atoms with E-state index in [1.54, 1.807) is 11.0 Å². The maximum atomic E-state index is 12.9. The Morgan fingerprint density at radius 1 is 1.08 bits per heavy atom. The van der Waals surface area contributed by atoms with Crippen LogP contribution in [0.25, 0.3) is 6.08 Å². The van der Waals surface area contributed by atoms with E-state index in [4.69, 9.17) is 23.8 Å². The van der Waals surface area contributed by atoms with Gasteiger partial charge in [-0.15, -0.1) is 0 Å². The molecule has 5 heteroatoms. The second kappa shape index (κ2) is 7.56. The maximum absolute atomic E-state index is 12.9. The van der Waals surface area contributed by atoms with Gasteiger partial charge in [-0.05, 0) is 42.7 Å². The highest BCUT2D eigenvalue weighted by atomic mass is 35.5. The summed E-state index contributed by atoms with van der Waals surface area (Å²) < 4.78 is 0.526. The summed E-state index contributed by atoms with van der Waals surface area (Å²) >= 11 is 13.0. The SMILES string of the molecule is Cc1cccc(C)c1N1C(=O)/C(=C/C(Cl)=C/c2ccccc2)SC1=S. The van der Waals surface area contributed by atoms with Gasteiger partial charge in [0.2, 0.25) is 0 Å². The number of thiocarbonyl (C=S) groups is 1. The van der Waals surface area contributed by atoms with Gasteiger partial charge in [0.15, 0.2) is 4.32 Å². The Bertz CT molecular complexity index is 883. The summed E-state index contributed by atoms with van der Waals surface area (Å²) in [5.41, 5.74) is 3.87. The van der Waals surface area contributed by atoms with E-state index in [0.717, 1.165) is 22.4 Å². The van der Waals surface area contributed by atoms with Gasteiger partial charge in [0, 0.05) is 5.03 Å². The zero-order valence-corrected chi connectivity index (χ0v) is 16.2. The molecule has 126 valence electrons. The number of allylic oxidation sites excluding steroid dienone is 2. The predicted molar refractivity (Wildman–Crippen MR) is 112 cm³/mol. The topological polar surface area (TPSA) is 20.3 Å². The molecule has 3 rings (SSSR count). The summed E-state index contributed by atoms with van der Waals surface area (Å²) in [5, 5.41) is 0.494. The van der Waals surface area contributed by atoms with Crippen molar-refractivity contribution in [3.8, 4) is 0 Å². The van der Waals surface area contributed by atoms with Gasteiger partial charge < -0.3 is 0 Å².